The predicted molar refractivity (Wildman–Crippen MR) is 82.0 cm³/mol. The molecule has 0 amide bonds. The largest absolute Gasteiger partial charge is 0.369 e. The first-order valence-corrected chi connectivity index (χ1v) is 7.74. The van der Waals surface area contributed by atoms with Gasteiger partial charge in [0, 0.05) is 28.8 Å². The quantitative estimate of drug-likeness (QED) is 0.851. The second-order valence-corrected chi connectivity index (χ2v) is 6.13. The third-order valence-electron chi connectivity index (χ3n) is 3.55. The van der Waals surface area contributed by atoms with Crippen molar-refractivity contribution >= 4 is 21.6 Å². The topological polar surface area (TPSA) is 29.3 Å². The summed E-state index contributed by atoms with van der Waals surface area (Å²) in [6, 6.07) is 7.46. The molecule has 0 aromatic heterocycles. The molecule has 2 rings (SSSR count). The zero-order chi connectivity index (χ0) is 13.1. The molecule has 0 aliphatic heterocycles. The molecule has 2 nitrogen and oxygen atoms in total. The van der Waals surface area contributed by atoms with E-state index in [1.807, 2.05) is 6.92 Å². The van der Waals surface area contributed by atoms with Crippen LogP contribution in [0, 0.1) is 0 Å². The number of rotatable bonds is 6. The fourth-order valence-electron chi connectivity index (χ4n) is 2.30. The Morgan fingerprint density at radius 1 is 1.44 bits per heavy atom. The Morgan fingerprint density at radius 2 is 2.17 bits per heavy atom. The van der Waals surface area contributed by atoms with Gasteiger partial charge in [-0.3, -0.25) is 0 Å². The molecule has 0 unspecified atom stereocenters. The molecular formula is C15H23BrN2. The lowest BCUT2D eigenvalue weighted by Gasteiger charge is -2.25. The van der Waals surface area contributed by atoms with Gasteiger partial charge in [0.15, 0.2) is 0 Å². The van der Waals surface area contributed by atoms with Crippen LogP contribution in [-0.4, -0.2) is 12.6 Å². The molecule has 1 aromatic rings. The van der Waals surface area contributed by atoms with Gasteiger partial charge >= 0.3 is 0 Å². The average Bonchev–Trinajstić information content (AvgIpc) is 3.13. The molecule has 0 spiro atoms. The normalized spacial score (nSPS) is 16.7. The average molecular weight is 311 g/mol. The van der Waals surface area contributed by atoms with E-state index >= 15 is 0 Å². The SMILES string of the molecule is CCCCN(c1ccc([C@H](C)N)c(Br)c1)C1CC1. The van der Waals surface area contributed by atoms with Gasteiger partial charge in [-0.25, -0.2) is 0 Å². The van der Waals surface area contributed by atoms with E-state index in [1.165, 1.54) is 43.5 Å². The zero-order valence-electron chi connectivity index (χ0n) is 11.3. The first kappa shape index (κ1) is 13.9. The first-order chi connectivity index (χ1) is 8.63. The summed E-state index contributed by atoms with van der Waals surface area (Å²) >= 11 is 3.65. The maximum atomic E-state index is 5.95. The van der Waals surface area contributed by atoms with Crippen LogP contribution in [0.15, 0.2) is 22.7 Å². The summed E-state index contributed by atoms with van der Waals surface area (Å²) in [5.74, 6) is 0. The molecular weight excluding hydrogens is 288 g/mol. The van der Waals surface area contributed by atoms with Gasteiger partial charge in [-0.15, -0.1) is 0 Å². The van der Waals surface area contributed by atoms with E-state index < -0.39 is 0 Å². The molecule has 100 valence electrons. The Balaban J connectivity index is 2.17. The lowest BCUT2D eigenvalue weighted by molar-refractivity contribution is 0.712. The molecule has 3 heteroatoms. The lowest BCUT2D eigenvalue weighted by Crippen LogP contribution is -2.26. The van der Waals surface area contributed by atoms with E-state index in [0.717, 1.165) is 10.5 Å². The van der Waals surface area contributed by atoms with Gasteiger partial charge < -0.3 is 10.6 Å². The molecule has 1 aliphatic carbocycles. The number of halogens is 1. The number of benzene rings is 1. The van der Waals surface area contributed by atoms with Crippen LogP contribution in [0.1, 0.15) is 51.1 Å². The van der Waals surface area contributed by atoms with Crippen molar-refractivity contribution in [1.29, 1.82) is 0 Å². The zero-order valence-corrected chi connectivity index (χ0v) is 12.9. The Hall–Kier alpha value is -0.540. The maximum absolute atomic E-state index is 5.95. The highest BCUT2D eigenvalue weighted by atomic mass is 79.9. The molecule has 1 fully saturated rings. The minimum absolute atomic E-state index is 0.0819. The van der Waals surface area contributed by atoms with Gasteiger partial charge in [0.25, 0.3) is 0 Å². The van der Waals surface area contributed by atoms with Gasteiger partial charge in [-0.05, 0) is 43.9 Å². The fourth-order valence-corrected chi connectivity index (χ4v) is 3.03. The van der Waals surface area contributed by atoms with Crippen LogP contribution in [-0.2, 0) is 0 Å². The molecule has 0 radical (unpaired) electrons. The molecule has 1 aromatic carbocycles. The van der Waals surface area contributed by atoms with Crippen molar-refractivity contribution in [2.75, 3.05) is 11.4 Å². The van der Waals surface area contributed by atoms with Crippen molar-refractivity contribution in [2.45, 2.75) is 51.6 Å². The standard InChI is InChI=1S/C15H23BrN2/c1-3-4-9-18(12-5-6-12)13-7-8-14(11(2)17)15(16)10-13/h7-8,10-12H,3-6,9,17H2,1-2H3/t11-/m0/s1. The summed E-state index contributed by atoms with van der Waals surface area (Å²) in [5, 5.41) is 0. The molecule has 0 heterocycles. The highest BCUT2D eigenvalue weighted by molar-refractivity contribution is 9.10. The van der Waals surface area contributed by atoms with E-state index in [4.69, 9.17) is 5.73 Å². The van der Waals surface area contributed by atoms with E-state index in [9.17, 15) is 0 Å². The van der Waals surface area contributed by atoms with Gasteiger partial charge in [0.2, 0.25) is 0 Å². The summed E-state index contributed by atoms with van der Waals surface area (Å²) in [5.41, 5.74) is 8.47. The van der Waals surface area contributed by atoms with Gasteiger partial charge in [-0.2, -0.15) is 0 Å². The fraction of sp³-hybridized carbons (Fsp3) is 0.600. The minimum Gasteiger partial charge on any atom is -0.369 e. The van der Waals surface area contributed by atoms with E-state index in [1.54, 1.807) is 0 Å². The van der Waals surface area contributed by atoms with Crippen LogP contribution >= 0.6 is 15.9 Å². The van der Waals surface area contributed by atoms with Crippen molar-refractivity contribution in [2.24, 2.45) is 5.73 Å². The third kappa shape index (κ3) is 3.27. The summed E-state index contributed by atoms with van der Waals surface area (Å²) in [6.45, 7) is 5.45. The van der Waals surface area contributed by atoms with E-state index in [2.05, 4.69) is 46.0 Å². The number of nitrogens with two attached hydrogens (primary N) is 1. The molecule has 0 saturated heterocycles. The second kappa shape index (κ2) is 6.07. The van der Waals surface area contributed by atoms with Gasteiger partial charge in [-0.1, -0.05) is 35.3 Å². The van der Waals surface area contributed by atoms with Crippen LogP contribution in [0.5, 0.6) is 0 Å². The molecule has 18 heavy (non-hydrogen) atoms. The van der Waals surface area contributed by atoms with E-state index in [0.29, 0.717) is 0 Å². The van der Waals surface area contributed by atoms with Gasteiger partial charge in [0.05, 0.1) is 0 Å². The summed E-state index contributed by atoms with van der Waals surface area (Å²) < 4.78 is 1.14. The monoisotopic (exact) mass is 310 g/mol. The van der Waals surface area contributed by atoms with Crippen LogP contribution < -0.4 is 10.6 Å². The van der Waals surface area contributed by atoms with Crippen molar-refractivity contribution in [3.8, 4) is 0 Å². The number of anilines is 1. The molecule has 1 atom stereocenters. The Kier molecular flexibility index (Phi) is 4.68. The maximum Gasteiger partial charge on any atom is 0.0380 e. The van der Waals surface area contributed by atoms with Crippen molar-refractivity contribution in [3.63, 3.8) is 0 Å². The highest BCUT2D eigenvalue weighted by Crippen LogP contribution is 2.34. The molecule has 0 bridgehead atoms. The number of hydrogen-bond donors (Lipinski definition) is 1. The van der Waals surface area contributed by atoms with Crippen molar-refractivity contribution in [1.82, 2.24) is 0 Å². The predicted octanol–water partition coefficient (Wildman–Crippen LogP) is 4.24. The number of nitrogens with zero attached hydrogens (tertiary/aromatic N) is 1. The summed E-state index contributed by atoms with van der Waals surface area (Å²) in [4.78, 5) is 2.55. The number of unbranched alkanes of at least 4 members (excludes halogenated alkanes) is 1. The second-order valence-electron chi connectivity index (χ2n) is 5.27. The molecule has 2 N–H and O–H groups in total. The number of hydrogen-bond acceptors (Lipinski definition) is 2. The Morgan fingerprint density at radius 3 is 2.67 bits per heavy atom. The van der Waals surface area contributed by atoms with Crippen LogP contribution in [0.4, 0.5) is 5.69 Å². The van der Waals surface area contributed by atoms with Crippen molar-refractivity contribution in [3.05, 3.63) is 28.2 Å². The van der Waals surface area contributed by atoms with E-state index in [-0.39, 0.29) is 6.04 Å². The van der Waals surface area contributed by atoms with Crippen LogP contribution in [0.3, 0.4) is 0 Å². The Bertz CT molecular complexity index is 399. The van der Waals surface area contributed by atoms with Crippen molar-refractivity contribution < 1.29 is 0 Å². The lowest BCUT2D eigenvalue weighted by atomic mass is 10.1. The summed E-state index contributed by atoms with van der Waals surface area (Å²) in [7, 11) is 0. The molecule has 1 aliphatic rings. The third-order valence-corrected chi connectivity index (χ3v) is 4.23. The highest BCUT2D eigenvalue weighted by Gasteiger charge is 2.29. The first-order valence-electron chi connectivity index (χ1n) is 6.95. The minimum atomic E-state index is 0.0819. The van der Waals surface area contributed by atoms with Gasteiger partial charge in [0.1, 0.15) is 0 Å². The molecule has 1 saturated carbocycles. The summed E-state index contributed by atoms with van der Waals surface area (Å²) in [6.07, 6.45) is 5.21. The van der Waals surface area contributed by atoms with Crippen LogP contribution in [0.2, 0.25) is 0 Å². The Labute approximate surface area is 119 Å². The smallest absolute Gasteiger partial charge is 0.0380 e. The van der Waals surface area contributed by atoms with Crippen LogP contribution in [0.25, 0.3) is 0 Å².